The predicted molar refractivity (Wildman–Crippen MR) is 95.0 cm³/mol. The Bertz CT molecular complexity index is 545. The summed E-state index contributed by atoms with van der Waals surface area (Å²) < 4.78 is 0. The first kappa shape index (κ1) is 16.6. The van der Waals surface area contributed by atoms with Crippen LogP contribution in [0.4, 0.5) is 5.82 Å². The molecular formula is C17H26N4OS. The molecule has 0 bridgehead atoms. The molecule has 23 heavy (non-hydrogen) atoms. The topological polar surface area (TPSA) is 49.3 Å². The quantitative estimate of drug-likeness (QED) is 0.849. The Morgan fingerprint density at radius 3 is 2.83 bits per heavy atom. The molecule has 0 aromatic carbocycles. The van der Waals surface area contributed by atoms with E-state index >= 15 is 0 Å². The van der Waals surface area contributed by atoms with Crippen LogP contribution in [0.15, 0.2) is 12.3 Å². The van der Waals surface area contributed by atoms with Gasteiger partial charge in [-0.15, -0.1) is 0 Å². The van der Waals surface area contributed by atoms with Gasteiger partial charge in [-0.25, -0.2) is 9.97 Å². The molecule has 1 amide bonds. The van der Waals surface area contributed by atoms with Crippen LogP contribution in [0.3, 0.4) is 0 Å². The Hall–Kier alpha value is -1.30. The number of carbonyl (C=O) groups is 1. The maximum Gasteiger partial charge on any atom is 0.227 e. The molecule has 0 radical (unpaired) electrons. The summed E-state index contributed by atoms with van der Waals surface area (Å²) in [6, 6.07) is 1.97. The van der Waals surface area contributed by atoms with Crippen molar-refractivity contribution in [1.82, 2.24) is 14.9 Å². The second kappa shape index (κ2) is 7.51. The van der Waals surface area contributed by atoms with Crippen molar-refractivity contribution in [1.29, 1.82) is 0 Å². The number of hydrogen-bond donors (Lipinski definition) is 0. The lowest BCUT2D eigenvalue weighted by molar-refractivity contribution is -0.135. The van der Waals surface area contributed by atoms with Gasteiger partial charge in [0.25, 0.3) is 0 Å². The van der Waals surface area contributed by atoms with E-state index in [1.54, 1.807) is 0 Å². The van der Waals surface area contributed by atoms with E-state index in [0.717, 1.165) is 62.2 Å². The minimum absolute atomic E-state index is 0.115. The molecule has 2 aliphatic heterocycles. The second-order valence-corrected chi connectivity index (χ2v) is 7.88. The summed E-state index contributed by atoms with van der Waals surface area (Å²) in [7, 11) is 0. The third kappa shape index (κ3) is 3.97. The summed E-state index contributed by atoms with van der Waals surface area (Å²) in [5, 5.41) is 0. The predicted octanol–water partition coefficient (Wildman–Crippen LogP) is 2.39. The molecule has 2 saturated heterocycles. The third-order valence-corrected chi connectivity index (χ3v) is 5.54. The zero-order chi connectivity index (χ0) is 16.2. The Balaban J connectivity index is 1.68. The standard InChI is InChI=1S/C17H26N4OS/c1-13(2)16-18-6-5-15(19-16)21-7-3-4-14(12-21)17(22)20-8-10-23-11-9-20/h5-6,13-14H,3-4,7-12H2,1-2H3. The van der Waals surface area contributed by atoms with E-state index in [4.69, 9.17) is 0 Å². The smallest absolute Gasteiger partial charge is 0.227 e. The minimum Gasteiger partial charge on any atom is -0.356 e. The van der Waals surface area contributed by atoms with Crippen LogP contribution in [0.2, 0.25) is 0 Å². The molecular weight excluding hydrogens is 308 g/mol. The van der Waals surface area contributed by atoms with Crippen molar-refractivity contribution < 1.29 is 4.79 Å². The first-order chi connectivity index (χ1) is 11.1. The van der Waals surface area contributed by atoms with Gasteiger partial charge < -0.3 is 9.80 Å². The molecule has 5 nitrogen and oxygen atoms in total. The average Bonchev–Trinajstić information content (AvgIpc) is 2.62. The lowest BCUT2D eigenvalue weighted by Crippen LogP contribution is -2.47. The van der Waals surface area contributed by atoms with Gasteiger partial charge in [-0.2, -0.15) is 11.8 Å². The van der Waals surface area contributed by atoms with Gasteiger partial charge in [0.2, 0.25) is 5.91 Å². The molecule has 3 rings (SSSR count). The molecule has 3 heterocycles. The van der Waals surface area contributed by atoms with Gasteiger partial charge in [0.05, 0.1) is 5.92 Å². The van der Waals surface area contributed by atoms with Gasteiger partial charge in [0, 0.05) is 49.8 Å². The molecule has 126 valence electrons. The highest BCUT2D eigenvalue weighted by Crippen LogP contribution is 2.25. The largest absolute Gasteiger partial charge is 0.356 e. The van der Waals surface area contributed by atoms with Crippen LogP contribution in [0, 0.1) is 5.92 Å². The molecule has 0 saturated carbocycles. The van der Waals surface area contributed by atoms with E-state index < -0.39 is 0 Å². The van der Waals surface area contributed by atoms with Crippen molar-refractivity contribution in [3.8, 4) is 0 Å². The van der Waals surface area contributed by atoms with Crippen molar-refractivity contribution in [3.05, 3.63) is 18.1 Å². The summed E-state index contributed by atoms with van der Waals surface area (Å²) in [6.45, 7) is 7.80. The van der Waals surface area contributed by atoms with E-state index in [1.165, 1.54) is 0 Å². The highest BCUT2D eigenvalue weighted by Gasteiger charge is 2.30. The lowest BCUT2D eigenvalue weighted by atomic mass is 9.96. The number of rotatable bonds is 3. The van der Waals surface area contributed by atoms with Crippen LogP contribution < -0.4 is 4.90 Å². The molecule has 1 atom stereocenters. The number of aromatic nitrogens is 2. The van der Waals surface area contributed by atoms with Crippen LogP contribution in [-0.4, -0.2) is 58.5 Å². The Morgan fingerprint density at radius 2 is 2.09 bits per heavy atom. The minimum atomic E-state index is 0.115. The van der Waals surface area contributed by atoms with E-state index in [1.807, 2.05) is 24.0 Å². The van der Waals surface area contributed by atoms with Crippen molar-refractivity contribution in [3.63, 3.8) is 0 Å². The summed E-state index contributed by atoms with van der Waals surface area (Å²) in [5.74, 6) is 4.78. The molecule has 2 aliphatic rings. The van der Waals surface area contributed by atoms with Crippen molar-refractivity contribution in [2.45, 2.75) is 32.6 Å². The van der Waals surface area contributed by atoms with Gasteiger partial charge in [0.15, 0.2) is 0 Å². The number of hydrogen-bond acceptors (Lipinski definition) is 5. The number of nitrogens with zero attached hydrogens (tertiary/aromatic N) is 4. The molecule has 1 aromatic heterocycles. The molecule has 0 N–H and O–H groups in total. The normalized spacial score (nSPS) is 22.5. The van der Waals surface area contributed by atoms with E-state index in [2.05, 4.69) is 33.6 Å². The summed E-state index contributed by atoms with van der Waals surface area (Å²) >= 11 is 1.94. The number of amides is 1. The Morgan fingerprint density at radius 1 is 1.30 bits per heavy atom. The average molecular weight is 334 g/mol. The zero-order valence-electron chi connectivity index (χ0n) is 14.1. The molecule has 6 heteroatoms. The maximum atomic E-state index is 12.8. The highest BCUT2D eigenvalue weighted by molar-refractivity contribution is 7.99. The number of carbonyl (C=O) groups excluding carboxylic acids is 1. The van der Waals surface area contributed by atoms with Crippen LogP contribution in [0.25, 0.3) is 0 Å². The monoisotopic (exact) mass is 334 g/mol. The lowest BCUT2D eigenvalue weighted by Gasteiger charge is -2.36. The number of anilines is 1. The van der Waals surface area contributed by atoms with Gasteiger partial charge in [0.1, 0.15) is 11.6 Å². The van der Waals surface area contributed by atoms with Gasteiger partial charge in [-0.1, -0.05) is 13.8 Å². The molecule has 1 aromatic rings. The second-order valence-electron chi connectivity index (χ2n) is 6.65. The molecule has 2 fully saturated rings. The fourth-order valence-corrected chi connectivity index (χ4v) is 4.15. The number of thioether (sulfide) groups is 1. The van der Waals surface area contributed by atoms with Gasteiger partial charge >= 0.3 is 0 Å². The Kier molecular flexibility index (Phi) is 5.41. The fraction of sp³-hybridized carbons (Fsp3) is 0.706. The van der Waals surface area contributed by atoms with Gasteiger partial charge in [-0.05, 0) is 18.9 Å². The van der Waals surface area contributed by atoms with Gasteiger partial charge in [-0.3, -0.25) is 4.79 Å². The molecule has 0 aliphatic carbocycles. The van der Waals surface area contributed by atoms with Crippen LogP contribution in [0.1, 0.15) is 38.4 Å². The van der Waals surface area contributed by atoms with Crippen LogP contribution in [0.5, 0.6) is 0 Å². The van der Waals surface area contributed by atoms with E-state index in [-0.39, 0.29) is 5.92 Å². The van der Waals surface area contributed by atoms with E-state index in [9.17, 15) is 4.79 Å². The first-order valence-corrected chi connectivity index (χ1v) is 9.75. The summed E-state index contributed by atoms with van der Waals surface area (Å²) in [5.41, 5.74) is 0. The van der Waals surface area contributed by atoms with Crippen LogP contribution in [-0.2, 0) is 4.79 Å². The maximum absolute atomic E-state index is 12.8. The zero-order valence-corrected chi connectivity index (χ0v) is 14.9. The van der Waals surface area contributed by atoms with Crippen molar-refractivity contribution in [2.24, 2.45) is 5.92 Å². The summed E-state index contributed by atoms with van der Waals surface area (Å²) in [6.07, 6.45) is 3.89. The third-order valence-electron chi connectivity index (χ3n) is 4.59. The van der Waals surface area contributed by atoms with Crippen LogP contribution >= 0.6 is 11.8 Å². The summed E-state index contributed by atoms with van der Waals surface area (Å²) in [4.78, 5) is 26.1. The SMILES string of the molecule is CC(C)c1nccc(N2CCCC(C(=O)N3CCSCC3)C2)n1. The fourth-order valence-electron chi connectivity index (χ4n) is 3.25. The Labute approximate surface area is 142 Å². The first-order valence-electron chi connectivity index (χ1n) is 8.59. The number of piperidine rings is 1. The molecule has 0 spiro atoms. The van der Waals surface area contributed by atoms with E-state index in [0.29, 0.717) is 11.8 Å². The highest BCUT2D eigenvalue weighted by atomic mass is 32.2. The van der Waals surface area contributed by atoms with Crippen molar-refractivity contribution in [2.75, 3.05) is 42.6 Å². The van der Waals surface area contributed by atoms with Crippen molar-refractivity contribution >= 4 is 23.5 Å². The molecule has 1 unspecified atom stereocenters.